The van der Waals surface area contributed by atoms with Gasteiger partial charge in [0.1, 0.15) is 6.61 Å². The maximum Gasteiger partial charge on any atom is 0.411 e. The van der Waals surface area contributed by atoms with Gasteiger partial charge in [0.2, 0.25) is 0 Å². The number of benzene rings is 1. The van der Waals surface area contributed by atoms with Crippen molar-refractivity contribution in [2.45, 2.75) is 38.1 Å². The number of ether oxygens (including phenoxy) is 1. The number of rotatable bonds is 8. The first-order valence-corrected chi connectivity index (χ1v) is 9.51. The summed E-state index contributed by atoms with van der Waals surface area (Å²) in [5.41, 5.74) is 0.386. The molecule has 1 aromatic heterocycles. The topological polar surface area (TPSA) is 44.1 Å². The van der Waals surface area contributed by atoms with Crippen LogP contribution in [0.25, 0.3) is 10.9 Å². The second-order valence-corrected chi connectivity index (χ2v) is 7.73. The Labute approximate surface area is 158 Å². The van der Waals surface area contributed by atoms with Crippen LogP contribution < -0.4 is 5.56 Å². The molecule has 26 heavy (non-hydrogen) atoms. The normalized spacial score (nSPS) is 12.3. The van der Waals surface area contributed by atoms with E-state index in [1.807, 2.05) is 13.8 Å². The Kier molecular flexibility index (Phi) is 7.37. The van der Waals surface area contributed by atoms with Crippen LogP contribution in [0.3, 0.4) is 0 Å². The van der Waals surface area contributed by atoms with Gasteiger partial charge >= 0.3 is 6.18 Å². The molecule has 0 saturated heterocycles. The van der Waals surface area contributed by atoms with Gasteiger partial charge in [-0.3, -0.25) is 9.36 Å². The lowest BCUT2D eigenvalue weighted by molar-refractivity contribution is -0.173. The molecular formula is C17H20ClF3N2O2S. The molecule has 144 valence electrons. The summed E-state index contributed by atoms with van der Waals surface area (Å²) in [7, 11) is 0. The number of alkyl halides is 3. The highest BCUT2D eigenvalue weighted by Crippen LogP contribution is 2.22. The average Bonchev–Trinajstić information content (AvgIpc) is 2.53. The molecule has 0 saturated carbocycles. The molecule has 0 radical (unpaired) electrons. The Morgan fingerprint density at radius 2 is 2.08 bits per heavy atom. The SMILES string of the molecule is CC(C)Cn1c(SCCCOCC(F)(F)F)nc2ccc(Cl)cc2c1=O. The molecule has 0 bridgehead atoms. The number of thioether (sulfide) groups is 1. The molecule has 4 nitrogen and oxygen atoms in total. The van der Waals surface area contributed by atoms with Crippen LogP contribution >= 0.6 is 23.4 Å². The summed E-state index contributed by atoms with van der Waals surface area (Å²) < 4.78 is 42.3. The molecule has 0 spiro atoms. The van der Waals surface area contributed by atoms with Crippen molar-refractivity contribution in [3.05, 3.63) is 33.6 Å². The fourth-order valence-corrected chi connectivity index (χ4v) is 3.41. The van der Waals surface area contributed by atoms with Gasteiger partial charge in [-0.25, -0.2) is 4.98 Å². The van der Waals surface area contributed by atoms with Gasteiger partial charge in [-0.05, 0) is 30.5 Å². The van der Waals surface area contributed by atoms with E-state index in [1.54, 1.807) is 22.8 Å². The molecule has 2 rings (SSSR count). The zero-order valence-electron chi connectivity index (χ0n) is 14.5. The van der Waals surface area contributed by atoms with E-state index in [4.69, 9.17) is 11.6 Å². The molecule has 9 heteroatoms. The molecule has 0 N–H and O–H groups in total. The Balaban J connectivity index is 2.12. The monoisotopic (exact) mass is 408 g/mol. The Hall–Kier alpha value is -1.25. The van der Waals surface area contributed by atoms with Gasteiger partial charge in [0.05, 0.1) is 10.9 Å². The molecule has 0 aliphatic rings. The van der Waals surface area contributed by atoms with Gasteiger partial charge in [-0.2, -0.15) is 13.2 Å². The maximum atomic E-state index is 12.8. The van der Waals surface area contributed by atoms with Gasteiger partial charge in [-0.1, -0.05) is 37.2 Å². The fourth-order valence-electron chi connectivity index (χ4n) is 2.32. The van der Waals surface area contributed by atoms with Gasteiger partial charge in [0.15, 0.2) is 5.16 Å². The Bertz CT molecular complexity index is 809. The number of halogens is 4. The van der Waals surface area contributed by atoms with E-state index in [2.05, 4.69) is 9.72 Å². The van der Waals surface area contributed by atoms with Crippen molar-refractivity contribution < 1.29 is 17.9 Å². The van der Waals surface area contributed by atoms with Crippen LogP contribution in [-0.2, 0) is 11.3 Å². The zero-order valence-corrected chi connectivity index (χ0v) is 16.0. The number of hydrogen-bond donors (Lipinski definition) is 0. The van der Waals surface area contributed by atoms with Crippen molar-refractivity contribution in [1.29, 1.82) is 0 Å². The van der Waals surface area contributed by atoms with Crippen LogP contribution in [0.1, 0.15) is 20.3 Å². The van der Waals surface area contributed by atoms with E-state index in [0.717, 1.165) is 0 Å². The lowest BCUT2D eigenvalue weighted by Crippen LogP contribution is -2.25. The van der Waals surface area contributed by atoms with Crippen LogP contribution in [0.5, 0.6) is 0 Å². The van der Waals surface area contributed by atoms with Crippen molar-refractivity contribution in [2.24, 2.45) is 5.92 Å². The molecule has 0 aliphatic heterocycles. The molecule has 0 atom stereocenters. The molecule has 1 heterocycles. The standard InChI is InChI=1S/C17H20ClF3N2O2S/c1-11(2)9-23-15(24)13-8-12(18)4-5-14(13)22-16(23)26-7-3-6-25-10-17(19,20)21/h4-5,8,11H,3,6-7,9-10H2,1-2H3. The van der Waals surface area contributed by atoms with Gasteiger partial charge in [0.25, 0.3) is 5.56 Å². The molecule has 0 unspecified atom stereocenters. The van der Waals surface area contributed by atoms with E-state index in [9.17, 15) is 18.0 Å². The van der Waals surface area contributed by atoms with Crippen LogP contribution in [0.2, 0.25) is 5.02 Å². The predicted octanol–water partition coefficient (Wildman–Crippen LogP) is 4.77. The highest BCUT2D eigenvalue weighted by molar-refractivity contribution is 7.99. The minimum atomic E-state index is -4.31. The van der Waals surface area contributed by atoms with E-state index < -0.39 is 12.8 Å². The third-order valence-corrected chi connectivity index (χ3v) is 4.66. The molecule has 2 aromatic rings. The van der Waals surface area contributed by atoms with E-state index in [-0.39, 0.29) is 18.1 Å². The number of fused-ring (bicyclic) bond motifs is 1. The summed E-state index contributed by atoms with van der Waals surface area (Å²) in [6.07, 6.45) is -3.89. The minimum Gasteiger partial charge on any atom is -0.372 e. The largest absolute Gasteiger partial charge is 0.411 e. The summed E-state index contributed by atoms with van der Waals surface area (Å²) in [5.74, 6) is 0.738. The van der Waals surface area contributed by atoms with Crippen LogP contribution in [-0.4, -0.2) is 34.7 Å². The maximum absolute atomic E-state index is 12.8. The van der Waals surface area contributed by atoms with E-state index in [0.29, 0.717) is 39.8 Å². The molecule has 0 amide bonds. The summed E-state index contributed by atoms with van der Waals surface area (Å²) in [6, 6.07) is 4.96. The first-order chi connectivity index (χ1) is 12.2. The predicted molar refractivity (Wildman–Crippen MR) is 98.1 cm³/mol. The number of nitrogens with zero attached hydrogens (tertiary/aromatic N) is 2. The molecular weight excluding hydrogens is 389 g/mol. The Morgan fingerprint density at radius 3 is 2.73 bits per heavy atom. The van der Waals surface area contributed by atoms with Gasteiger partial charge in [-0.15, -0.1) is 0 Å². The van der Waals surface area contributed by atoms with Gasteiger partial charge in [0, 0.05) is 23.9 Å². The van der Waals surface area contributed by atoms with E-state index >= 15 is 0 Å². The molecule has 0 fully saturated rings. The second-order valence-electron chi connectivity index (χ2n) is 6.24. The molecule has 0 aliphatic carbocycles. The quantitative estimate of drug-likeness (QED) is 0.358. The van der Waals surface area contributed by atoms with Crippen molar-refractivity contribution in [2.75, 3.05) is 19.0 Å². The summed E-state index contributed by atoms with van der Waals surface area (Å²) in [4.78, 5) is 17.3. The summed E-state index contributed by atoms with van der Waals surface area (Å²) >= 11 is 7.32. The number of aromatic nitrogens is 2. The summed E-state index contributed by atoms with van der Waals surface area (Å²) in [5, 5.41) is 1.47. The second kappa shape index (κ2) is 9.10. The third kappa shape index (κ3) is 6.17. The Morgan fingerprint density at radius 1 is 1.35 bits per heavy atom. The highest BCUT2D eigenvalue weighted by Gasteiger charge is 2.27. The number of hydrogen-bond acceptors (Lipinski definition) is 4. The van der Waals surface area contributed by atoms with Crippen molar-refractivity contribution >= 4 is 34.3 Å². The minimum absolute atomic E-state index is 0.00408. The zero-order chi connectivity index (χ0) is 19.3. The molecule has 1 aromatic carbocycles. The first-order valence-electron chi connectivity index (χ1n) is 8.15. The lowest BCUT2D eigenvalue weighted by Gasteiger charge is -2.15. The lowest BCUT2D eigenvalue weighted by atomic mass is 10.2. The van der Waals surface area contributed by atoms with Crippen LogP contribution in [0.15, 0.2) is 28.2 Å². The van der Waals surface area contributed by atoms with Crippen LogP contribution in [0.4, 0.5) is 13.2 Å². The first kappa shape index (κ1) is 21.1. The highest BCUT2D eigenvalue weighted by atomic mass is 35.5. The smallest absolute Gasteiger partial charge is 0.372 e. The fraction of sp³-hybridized carbons (Fsp3) is 0.529. The van der Waals surface area contributed by atoms with Crippen molar-refractivity contribution in [1.82, 2.24) is 9.55 Å². The summed E-state index contributed by atoms with van der Waals surface area (Å²) in [6.45, 7) is 3.25. The van der Waals surface area contributed by atoms with Crippen molar-refractivity contribution in [3.63, 3.8) is 0 Å². The van der Waals surface area contributed by atoms with Crippen LogP contribution in [0, 0.1) is 5.92 Å². The van der Waals surface area contributed by atoms with Gasteiger partial charge < -0.3 is 4.74 Å². The van der Waals surface area contributed by atoms with Crippen molar-refractivity contribution in [3.8, 4) is 0 Å². The average molecular weight is 409 g/mol. The van der Waals surface area contributed by atoms with E-state index in [1.165, 1.54) is 11.8 Å². The third-order valence-electron chi connectivity index (χ3n) is 3.36.